The van der Waals surface area contributed by atoms with E-state index in [1.807, 2.05) is 13.8 Å². The normalized spacial score (nSPS) is 11.3. The van der Waals surface area contributed by atoms with Crippen LogP contribution in [0.2, 0.25) is 0 Å². The number of hydrogen-bond acceptors (Lipinski definition) is 3. The minimum Gasteiger partial charge on any atom is -0.394 e. The summed E-state index contributed by atoms with van der Waals surface area (Å²) in [4.78, 5) is 16.1. The van der Waals surface area contributed by atoms with Crippen molar-refractivity contribution in [3.05, 3.63) is 28.5 Å². The van der Waals surface area contributed by atoms with Gasteiger partial charge in [0.15, 0.2) is 0 Å². The minimum atomic E-state index is -0.549. The average Bonchev–Trinajstić information content (AvgIpc) is 2.36. The lowest BCUT2D eigenvalue weighted by Gasteiger charge is -2.30. The van der Waals surface area contributed by atoms with Crippen LogP contribution in [-0.2, 0) is 0 Å². The highest BCUT2D eigenvalue weighted by molar-refractivity contribution is 9.10. The van der Waals surface area contributed by atoms with Crippen LogP contribution in [0.25, 0.3) is 0 Å². The maximum atomic E-state index is 12.1. The van der Waals surface area contributed by atoms with Gasteiger partial charge in [-0.1, -0.05) is 13.8 Å². The van der Waals surface area contributed by atoms with Crippen LogP contribution in [0.4, 0.5) is 0 Å². The number of halogens is 1. The van der Waals surface area contributed by atoms with E-state index >= 15 is 0 Å². The zero-order chi connectivity index (χ0) is 12.9. The van der Waals surface area contributed by atoms with Crippen LogP contribution >= 0.6 is 15.9 Å². The number of nitrogens with zero attached hydrogens (tertiary/aromatic N) is 1. The molecule has 0 spiro atoms. The number of pyridine rings is 1. The molecule has 0 radical (unpaired) electrons. The molecule has 1 rings (SSSR count). The zero-order valence-electron chi connectivity index (χ0n) is 10.0. The second kappa shape index (κ2) is 6.12. The van der Waals surface area contributed by atoms with Gasteiger partial charge < -0.3 is 10.4 Å². The summed E-state index contributed by atoms with van der Waals surface area (Å²) in [6.07, 6.45) is 2.98. The molecule has 1 heterocycles. The molecule has 0 aliphatic carbocycles. The number of hydrogen-bond donors (Lipinski definition) is 2. The van der Waals surface area contributed by atoms with Crippen molar-refractivity contribution in [2.24, 2.45) is 0 Å². The number of aromatic nitrogens is 1. The fourth-order valence-corrected chi connectivity index (χ4v) is 1.98. The lowest BCUT2D eigenvalue weighted by atomic mass is 9.93. The van der Waals surface area contributed by atoms with Crippen molar-refractivity contribution in [1.29, 1.82) is 0 Å². The van der Waals surface area contributed by atoms with Crippen LogP contribution < -0.4 is 5.32 Å². The monoisotopic (exact) mass is 300 g/mol. The molecule has 0 unspecified atom stereocenters. The second-order valence-electron chi connectivity index (χ2n) is 3.94. The van der Waals surface area contributed by atoms with Gasteiger partial charge in [0.05, 0.1) is 17.7 Å². The minimum absolute atomic E-state index is 0.0659. The third kappa shape index (κ3) is 3.26. The molecule has 1 aromatic rings. The lowest BCUT2D eigenvalue weighted by Crippen LogP contribution is -2.50. The second-order valence-corrected chi connectivity index (χ2v) is 4.69. The first-order valence-corrected chi connectivity index (χ1v) is 6.41. The third-order valence-corrected chi connectivity index (χ3v) is 3.67. The van der Waals surface area contributed by atoms with Crippen LogP contribution in [0.1, 0.15) is 37.0 Å². The number of nitrogens with one attached hydrogen (secondary N) is 1. The molecule has 0 aromatic carbocycles. The molecule has 0 aliphatic rings. The molecular weight excluding hydrogens is 284 g/mol. The standard InChI is InChI=1S/C12H17BrN2O2/c1-3-12(4-2,8-16)15-11(17)9-6-5-7-14-10(9)13/h5-7,16H,3-4,8H2,1-2H3,(H,15,17). The van der Waals surface area contributed by atoms with Crippen molar-refractivity contribution in [2.45, 2.75) is 32.2 Å². The summed E-state index contributed by atoms with van der Waals surface area (Å²) in [6.45, 7) is 3.82. The highest BCUT2D eigenvalue weighted by Gasteiger charge is 2.28. The maximum Gasteiger partial charge on any atom is 0.254 e. The molecule has 17 heavy (non-hydrogen) atoms. The van der Waals surface area contributed by atoms with Gasteiger partial charge >= 0.3 is 0 Å². The van der Waals surface area contributed by atoms with E-state index in [9.17, 15) is 9.90 Å². The molecule has 0 fully saturated rings. The molecule has 5 heteroatoms. The summed E-state index contributed by atoms with van der Waals surface area (Å²) in [5, 5.41) is 12.3. The highest BCUT2D eigenvalue weighted by atomic mass is 79.9. The smallest absolute Gasteiger partial charge is 0.254 e. The van der Waals surface area contributed by atoms with Crippen molar-refractivity contribution in [3.8, 4) is 0 Å². The topological polar surface area (TPSA) is 62.2 Å². The molecule has 94 valence electrons. The Labute approximate surface area is 110 Å². The molecule has 1 aromatic heterocycles. The zero-order valence-corrected chi connectivity index (χ0v) is 11.6. The van der Waals surface area contributed by atoms with Crippen LogP contribution in [0.15, 0.2) is 22.9 Å². The van der Waals surface area contributed by atoms with Gasteiger partial charge in [-0.2, -0.15) is 0 Å². The fraction of sp³-hybridized carbons (Fsp3) is 0.500. The summed E-state index contributed by atoms with van der Waals surface area (Å²) >= 11 is 3.24. The van der Waals surface area contributed by atoms with Crippen molar-refractivity contribution in [2.75, 3.05) is 6.61 Å². The van der Waals surface area contributed by atoms with Crippen LogP contribution in [0, 0.1) is 0 Å². The number of carbonyl (C=O) groups excluding carboxylic acids is 1. The van der Waals surface area contributed by atoms with Crippen LogP contribution in [-0.4, -0.2) is 28.1 Å². The third-order valence-electron chi connectivity index (χ3n) is 3.04. The molecule has 0 aliphatic heterocycles. The number of aliphatic hydroxyl groups is 1. The molecule has 0 saturated carbocycles. The summed E-state index contributed by atoms with van der Waals surface area (Å²) in [5.41, 5.74) is -0.0703. The number of rotatable bonds is 5. The van der Waals surface area contributed by atoms with E-state index in [1.54, 1.807) is 18.3 Å². The Hall–Kier alpha value is -0.940. The summed E-state index contributed by atoms with van der Waals surface area (Å²) in [7, 11) is 0. The van der Waals surface area contributed by atoms with Gasteiger partial charge in [0, 0.05) is 6.20 Å². The molecule has 0 atom stereocenters. The van der Waals surface area contributed by atoms with E-state index in [-0.39, 0.29) is 12.5 Å². The Balaban J connectivity index is 2.89. The van der Waals surface area contributed by atoms with Gasteiger partial charge in [0.2, 0.25) is 0 Å². The quantitative estimate of drug-likeness (QED) is 0.819. The summed E-state index contributed by atoms with van der Waals surface area (Å²) < 4.78 is 0.511. The van der Waals surface area contributed by atoms with E-state index in [0.29, 0.717) is 23.0 Å². The van der Waals surface area contributed by atoms with E-state index in [2.05, 4.69) is 26.2 Å². The molecule has 0 saturated heterocycles. The number of aliphatic hydroxyl groups excluding tert-OH is 1. The first kappa shape index (κ1) is 14.1. The molecule has 2 N–H and O–H groups in total. The van der Waals surface area contributed by atoms with Crippen molar-refractivity contribution in [1.82, 2.24) is 10.3 Å². The summed E-state index contributed by atoms with van der Waals surface area (Å²) in [5.74, 6) is -0.220. The molecule has 0 bridgehead atoms. The SMILES string of the molecule is CCC(CC)(CO)NC(=O)c1cccnc1Br. The van der Waals surface area contributed by atoms with Gasteiger partial charge in [0.25, 0.3) is 5.91 Å². The Morgan fingerprint density at radius 1 is 1.53 bits per heavy atom. The van der Waals surface area contributed by atoms with Gasteiger partial charge in [0.1, 0.15) is 4.60 Å². The van der Waals surface area contributed by atoms with Gasteiger partial charge in [-0.3, -0.25) is 4.79 Å². The van der Waals surface area contributed by atoms with Gasteiger partial charge in [-0.05, 0) is 40.9 Å². The van der Waals surface area contributed by atoms with Crippen molar-refractivity contribution >= 4 is 21.8 Å². The van der Waals surface area contributed by atoms with Crippen LogP contribution in [0.5, 0.6) is 0 Å². The largest absolute Gasteiger partial charge is 0.394 e. The number of carbonyl (C=O) groups is 1. The lowest BCUT2D eigenvalue weighted by molar-refractivity contribution is 0.0816. The van der Waals surface area contributed by atoms with Crippen molar-refractivity contribution < 1.29 is 9.90 Å². The Morgan fingerprint density at radius 3 is 2.65 bits per heavy atom. The van der Waals surface area contributed by atoms with E-state index in [1.165, 1.54) is 0 Å². The average molecular weight is 301 g/mol. The van der Waals surface area contributed by atoms with E-state index in [4.69, 9.17) is 0 Å². The predicted molar refractivity (Wildman–Crippen MR) is 69.8 cm³/mol. The molecule has 1 amide bonds. The Morgan fingerprint density at radius 2 is 2.18 bits per heavy atom. The van der Waals surface area contributed by atoms with Gasteiger partial charge in [-0.25, -0.2) is 4.98 Å². The molecule has 4 nitrogen and oxygen atoms in total. The fourth-order valence-electron chi connectivity index (χ4n) is 1.55. The predicted octanol–water partition coefficient (Wildman–Crippen LogP) is 2.12. The van der Waals surface area contributed by atoms with Crippen molar-refractivity contribution in [3.63, 3.8) is 0 Å². The van der Waals surface area contributed by atoms with E-state index < -0.39 is 5.54 Å². The number of amides is 1. The first-order valence-electron chi connectivity index (χ1n) is 5.62. The Kier molecular flexibility index (Phi) is 5.08. The van der Waals surface area contributed by atoms with Crippen LogP contribution in [0.3, 0.4) is 0 Å². The maximum absolute atomic E-state index is 12.1. The van der Waals surface area contributed by atoms with E-state index in [0.717, 1.165) is 0 Å². The first-order chi connectivity index (χ1) is 8.08. The Bertz CT molecular complexity index is 384. The molecular formula is C12H17BrN2O2. The highest BCUT2D eigenvalue weighted by Crippen LogP contribution is 2.18. The summed E-state index contributed by atoms with van der Waals surface area (Å²) in [6, 6.07) is 3.40. The van der Waals surface area contributed by atoms with Gasteiger partial charge in [-0.15, -0.1) is 0 Å².